The van der Waals surface area contributed by atoms with Crippen LogP contribution in [-0.4, -0.2) is 43.3 Å². The highest BCUT2D eigenvalue weighted by Gasteiger charge is 2.27. The number of carbonyl (C=O) groups is 1. The lowest BCUT2D eigenvalue weighted by atomic mass is 10.0. The van der Waals surface area contributed by atoms with Crippen molar-refractivity contribution in [3.63, 3.8) is 0 Å². The molecule has 36 heavy (non-hydrogen) atoms. The van der Waals surface area contributed by atoms with Crippen molar-refractivity contribution in [3.8, 4) is 0 Å². The van der Waals surface area contributed by atoms with Crippen molar-refractivity contribution in [2.24, 2.45) is 0 Å². The predicted octanol–water partition coefficient (Wildman–Crippen LogP) is 3.27. The van der Waals surface area contributed by atoms with Crippen LogP contribution in [0.15, 0.2) is 71.6 Å². The number of rotatable bonds is 12. The Bertz CT molecular complexity index is 1300. The summed E-state index contributed by atoms with van der Waals surface area (Å²) in [6.07, 6.45) is -0.614. The molecule has 0 unspecified atom stereocenters. The van der Waals surface area contributed by atoms with Crippen LogP contribution in [0, 0.1) is 11.6 Å². The molecule has 3 aromatic rings. The molecule has 2 atom stereocenters. The summed E-state index contributed by atoms with van der Waals surface area (Å²) < 4.78 is 55.9. The van der Waals surface area contributed by atoms with Crippen LogP contribution in [0.25, 0.3) is 0 Å². The van der Waals surface area contributed by atoms with E-state index in [2.05, 4.69) is 10.0 Å². The zero-order chi connectivity index (χ0) is 26.3. The number of aryl methyl sites for hydroxylation is 1. The number of benzene rings is 3. The lowest BCUT2D eigenvalue weighted by Crippen LogP contribution is -2.48. The first-order chi connectivity index (χ1) is 17.1. The van der Waals surface area contributed by atoms with Gasteiger partial charge in [0.2, 0.25) is 10.0 Å². The molecule has 0 radical (unpaired) electrons. The normalized spacial score (nSPS) is 13.3. The quantitative estimate of drug-likeness (QED) is 0.293. The Hall–Kier alpha value is -3.18. The Kier molecular flexibility index (Phi) is 9.27. The van der Waals surface area contributed by atoms with E-state index >= 15 is 0 Å². The summed E-state index contributed by atoms with van der Waals surface area (Å²) >= 11 is 0. The highest BCUT2D eigenvalue weighted by molar-refractivity contribution is 7.89. The summed E-state index contributed by atoms with van der Waals surface area (Å²) in [5, 5.41) is 23.1. The van der Waals surface area contributed by atoms with E-state index in [9.17, 15) is 32.2 Å². The first kappa shape index (κ1) is 27.4. The van der Waals surface area contributed by atoms with Crippen LogP contribution in [0.2, 0.25) is 0 Å². The van der Waals surface area contributed by atoms with Crippen molar-refractivity contribution < 1.29 is 32.2 Å². The fraction of sp³-hybridized carbons (Fsp3) is 0.269. The number of aliphatic hydroxyl groups excluding tert-OH is 1. The Morgan fingerprint density at radius 2 is 1.61 bits per heavy atom. The van der Waals surface area contributed by atoms with E-state index in [1.807, 2.05) is 31.2 Å². The van der Waals surface area contributed by atoms with Gasteiger partial charge in [-0.15, -0.1) is 0 Å². The fourth-order valence-corrected chi connectivity index (χ4v) is 5.08. The second kappa shape index (κ2) is 12.2. The first-order valence-corrected chi connectivity index (χ1v) is 12.8. The van der Waals surface area contributed by atoms with Crippen molar-refractivity contribution in [1.82, 2.24) is 10.0 Å². The van der Waals surface area contributed by atoms with Crippen LogP contribution >= 0.6 is 0 Å². The van der Waals surface area contributed by atoms with Crippen LogP contribution in [0.5, 0.6) is 0 Å². The Balaban J connectivity index is 1.80. The van der Waals surface area contributed by atoms with Crippen molar-refractivity contribution in [3.05, 3.63) is 101 Å². The monoisotopic (exact) mass is 518 g/mol. The van der Waals surface area contributed by atoms with E-state index in [0.29, 0.717) is 12.6 Å². The van der Waals surface area contributed by atoms with Crippen molar-refractivity contribution >= 4 is 16.0 Å². The maximum absolute atomic E-state index is 13.7. The highest BCUT2D eigenvalue weighted by atomic mass is 32.2. The van der Waals surface area contributed by atoms with Gasteiger partial charge < -0.3 is 15.5 Å². The topological polar surface area (TPSA) is 116 Å². The van der Waals surface area contributed by atoms with Crippen molar-refractivity contribution in [2.75, 3.05) is 6.54 Å². The molecule has 0 aromatic heterocycles. The first-order valence-electron chi connectivity index (χ1n) is 11.3. The minimum absolute atomic E-state index is 0.0174. The number of halogens is 2. The Labute approximate surface area is 208 Å². The van der Waals surface area contributed by atoms with E-state index in [1.165, 1.54) is 18.2 Å². The average Bonchev–Trinajstić information content (AvgIpc) is 2.83. The molecule has 4 N–H and O–H groups in total. The van der Waals surface area contributed by atoms with Gasteiger partial charge in [0.05, 0.1) is 22.6 Å². The SMILES string of the molecule is CCc1cccc(CNC[C@H](O)[C@H](Cc2cc(F)cc(F)c2)NS(=O)(=O)c2cccc(C(=O)O)c2)c1. The molecule has 7 nitrogen and oxygen atoms in total. The van der Waals surface area contributed by atoms with Gasteiger partial charge in [-0.05, 0) is 59.9 Å². The highest BCUT2D eigenvalue weighted by Crippen LogP contribution is 2.16. The number of carboxylic acids is 1. The smallest absolute Gasteiger partial charge is 0.335 e. The third-order valence-corrected chi connectivity index (χ3v) is 7.11. The summed E-state index contributed by atoms with van der Waals surface area (Å²) in [5.74, 6) is -2.96. The van der Waals surface area contributed by atoms with E-state index in [0.717, 1.165) is 35.7 Å². The molecule has 0 bridgehead atoms. The molecule has 0 aliphatic rings. The lowest BCUT2D eigenvalue weighted by Gasteiger charge is -2.25. The van der Waals surface area contributed by atoms with E-state index in [1.54, 1.807) is 0 Å². The van der Waals surface area contributed by atoms with Crippen molar-refractivity contribution in [1.29, 1.82) is 0 Å². The number of aromatic carboxylic acids is 1. The van der Waals surface area contributed by atoms with E-state index < -0.39 is 39.8 Å². The van der Waals surface area contributed by atoms with Gasteiger partial charge in [-0.2, -0.15) is 0 Å². The van der Waals surface area contributed by atoms with Crippen LogP contribution in [0.1, 0.15) is 34.0 Å². The lowest BCUT2D eigenvalue weighted by molar-refractivity contribution is 0.0696. The molecule has 0 saturated heterocycles. The predicted molar refractivity (Wildman–Crippen MR) is 131 cm³/mol. The molecule has 0 amide bonds. The second-order valence-corrected chi connectivity index (χ2v) is 10.1. The zero-order valence-corrected chi connectivity index (χ0v) is 20.4. The van der Waals surface area contributed by atoms with Crippen molar-refractivity contribution in [2.45, 2.75) is 43.4 Å². The van der Waals surface area contributed by atoms with Gasteiger partial charge in [-0.3, -0.25) is 0 Å². The maximum Gasteiger partial charge on any atom is 0.335 e. The summed E-state index contributed by atoms with van der Waals surface area (Å²) in [5.41, 5.74) is 2.06. The second-order valence-electron chi connectivity index (χ2n) is 8.41. The Morgan fingerprint density at radius 1 is 0.944 bits per heavy atom. The molecule has 10 heteroatoms. The molecule has 0 saturated carbocycles. The molecule has 3 rings (SSSR count). The van der Waals surface area contributed by atoms with Gasteiger partial charge >= 0.3 is 5.97 Å². The molecule has 0 spiro atoms. The van der Waals surface area contributed by atoms with Crippen LogP contribution in [0.3, 0.4) is 0 Å². The maximum atomic E-state index is 13.7. The minimum Gasteiger partial charge on any atom is -0.478 e. The number of sulfonamides is 1. The summed E-state index contributed by atoms with van der Waals surface area (Å²) in [4.78, 5) is 10.9. The Morgan fingerprint density at radius 3 is 2.28 bits per heavy atom. The number of carboxylic acid groups (broad SMARTS) is 1. The van der Waals surface area contributed by atoms with Crippen LogP contribution in [0.4, 0.5) is 8.78 Å². The summed E-state index contributed by atoms with van der Waals surface area (Å²) in [6.45, 7) is 2.44. The third kappa shape index (κ3) is 7.66. The number of hydrogen-bond acceptors (Lipinski definition) is 5. The van der Waals surface area contributed by atoms with Gasteiger partial charge in [-0.25, -0.2) is 26.7 Å². The van der Waals surface area contributed by atoms with Gasteiger partial charge in [0, 0.05) is 19.2 Å². The molecular weight excluding hydrogens is 490 g/mol. The van der Waals surface area contributed by atoms with E-state index in [-0.39, 0.29) is 29.0 Å². The minimum atomic E-state index is -4.28. The van der Waals surface area contributed by atoms with E-state index in [4.69, 9.17) is 0 Å². The zero-order valence-electron chi connectivity index (χ0n) is 19.6. The van der Waals surface area contributed by atoms with Crippen LogP contribution < -0.4 is 10.0 Å². The fourth-order valence-electron chi connectivity index (χ4n) is 3.77. The number of aliphatic hydroxyl groups is 1. The molecular formula is C26H28F2N2O5S. The summed E-state index contributed by atoms with van der Waals surface area (Å²) in [6, 6.07) is 14.3. The molecule has 0 heterocycles. The average molecular weight is 519 g/mol. The molecule has 3 aromatic carbocycles. The van der Waals surface area contributed by atoms with Gasteiger partial charge in [0.1, 0.15) is 11.6 Å². The summed E-state index contributed by atoms with van der Waals surface area (Å²) in [7, 11) is -4.28. The molecule has 0 aliphatic carbocycles. The number of hydrogen-bond donors (Lipinski definition) is 4. The number of nitrogens with one attached hydrogen (secondary N) is 2. The van der Waals surface area contributed by atoms with Crippen LogP contribution in [-0.2, 0) is 29.4 Å². The van der Waals surface area contributed by atoms with Gasteiger partial charge in [0.25, 0.3) is 0 Å². The molecule has 0 aliphatic heterocycles. The molecule has 192 valence electrons. The van der Waals surface area contributed by atoms with Gasteiger partial charge in [-0.1, -0.05) is 37.3 Å². The standard InChI is InChI=1S/C26H28F2N2O5S/c1-2-17-5-3-6-18(9-17)15-29-16-25(31)24(12-19-10-21(27)14-22(28)11-19)30-36(34,35)23-8-4-7-20(13-23)26(32)33/h3-11,13-14,24-25,29-31H,2,12,15-16H2,1H3,(H,32,33)/t24-,25-/m0/s1. The third-order valence-electron chi connectivity index (χ3n) is 5.62. The largest absolute Gasteiger partial charge is 0.478 e. The molecule has 0 fully saturated rings. The van der Waals surface area contributed by atoms with Gasteiger partial charge in [0.15, 0.2) is 0 Å².